The molecule has 26 heavy (non-hydrogen) atoms. The molecule has 7 heteroatoms. The molecule has 1 aromatic carbocycles. The number of aliphatic hydroxyl groups is 1. The first-order valence-electron chi connectivity index (χ1n) is 8.46. The number of fused-ring (bicyclic) bond motifs is 1. The topological polar surface area (TPSA) is 47.9 Å². The zero-order valence-electron chi connectivity index (χ0n) is 14.7. The summed E-state index contributed by atoms with van der Waals surface area (Å²) in [5, 5.41) is 9.79. The number of thiophene rings is 1. The van der Waals surface area contributed by atoms with E-state index in [0.717, 1.165) is 39.9 Å². The Bertz CT molecular complexity index is 733. The van der Waals surface area contributed by atoms with Gasteiger partial charge in [0.25, 0.3) is 0 Å². The molecule has 0 saturated carbocycles. The molecule has 0 radical (unpaired) electrons. The largest absolute Gasteiger partial charge is 0.392 e. The first kappa shape index (κ1) is 20.1. The van der Waals surface area contributed by atoms with Crippen LogP contribution >= 0.6 is 34.5 Å². The molecule has 1 N–H and O–H groups in total. The van der Waals surface area contributed by atoms with E-state index in [1.165, 1.54) is 4.88 Å². The van der Waals surface area contributed by atoms with E-state index in [-0.39, 0.29) is 19.0 Å². The van der Waals surface area contributed by atoms with E-state index in [9.17, 15) is 0 Å². The van der Waals surface area contributed by atoms with E-state index >= 15 is 0 Å². The lowest BCUT2D eigenvalue weighted by Gasteiger charge is -2.17. The van der Waals surface area contributed by atoms with Crippen molar-refractivity contribution >= 4 is 34.5 Å². The summed E-state index contributed by atoms with van der Waals surface area (Å²) in [5.74, 6) is -0.435. The summed E-state index contributed by atoms with van der Waals surface area (Å²) in [5.41, 5.74) is 1.90. The first-order chi connectivity index (χ1) is 12.4. The molecule has 2 unspecified atom stereocenters. The maximum Gasteiger partial charge on any atom is 0.187 e. The number of rotatable bonds is 3. The Hall–Kier alpha value is -0.660. The second-order valence-electron chi connectivity index (χ2n) is 6.67. The van der Waals surface area contributed by atoms with Crippen molar-refractivity contribution in [1.82, 2.24) is 0 Å². The van der Waals surface area contributed by atoms with Gasteiger partial charge in [-0.25, -0.2) is 0 Å². The normalized spacial score (nSPS) is 23.4. The molecule has 0 bridgehead atoms. The second kappa shape index (κ2) is 8.57. The van der Waals surface area contributed by atoms with Crippen molar-refractivity contribution in [3.63, 3.8) is 0 Å². The van der Waals surface area contributed by atoms with Crippen LogP contribution in [0, 0.1) is 0 Å². The molecular formula is C19H22Cl2O4S. The number of aliphatic hydroxyl groups excluding tert-OH is 1. The van der Waals surface area contributed by atoms with Gasteiger partial charge in [-0.2, -0.15) is 0 Å². The maximum atomic E-state index is 9.06. The van der Waals surface area contributed by atoms with Crippen molar-refractivity contribution in [1.29, 1.82) is 0 Å². The van der Waals surface area contributed by atoms with E-state index in [0.29, 0.717) is 0 Å². The van der Waals surface area contributed by atoms with Crippen LogP contribution in [0.2, 0.25) is 9.36 Å². The van der Waals surface area contributed by atoms with E-state index < -0.39 is 5.79 Å². The highest BCUT2D eigenvalue weighted by Crippen LogP contribution is 2.34. The molecule has 2 fully saturated rings. The van der Waals surface area contributed by atoms with Gasteiger partial charge in [-0.15, -0.1) is 11.3 Å². The average Bonchev–Trinajstić information content (AvgIpc) is 3.25. The number of hydrogen-bond acceptors (Lipinski definition) is 5. The molecule has 2 atom stereocenters. The molecule has 142 valence electrons. The molecule has 4 rings (SSSR count). The molecule has 1 aromatic heterocycles. The van der Waals surface area contributed by atoms with Crippen LogP contribution in [0.5, 0.6) is 0 Å². The summed E-state index contributed by atoms with van der Waals surface area (Å²) in [4.78, 5) is 1.17. The number of halogens is 2. The minimum atomic E-state index is -0.435. The Morgan fingerprint density at radius 1 is 1.19 bits per heavy atom. The predicted molar refractivity (Wildman–Crippen MR) is 104 cm³/mol. The van der Waals surface area contributed by atoms with Gasteiger partial charge in [-0.1, -0.05) is 35.3 Å². The highest BCUT2D eigenvalue weighted by atomic mass is 35.5. The lowest BCUT2D eigenvalue weighted by Crippen LogP contribution is -2.22. The Morgan fingerprint density at radius 2 is 2.00 bits per heavy atom. The van der Waals surface area contributed by atoms with Gasteiger partial charge in [-0.05, 0) is 43.2 Å². The maximum absolute atomic E-state index is 9.06. The van der Waals surface area contributed by atoms with Crippen molar-refractivity contribution in [2.75, 3.05) is 6.61 Å². The van der Waals surface area contributed by atoms with Crippen molar-refractivity contribution in [3.05, 3.63) is 55.7 Å². The molecule has 0 aliphatic carbocycles. The quantitative estimate of drug-likeness (QED) is 0.762. The van der Waals surface area contributed by atoms with E-state index in [4.69, 9.17) is 42.5 Å². The first-order valence-corrected chi connectivity index (χ1v) is 10.0. The van der Waals surface area contributed by atoms with Crippen LogP contribution < -0.4 is 0 Å². The van der Waals surface area contributed by atoms with Gasteiger partial charge in [0, 0.05) is 22.7 Å². The zero-order valence-corrected chi connectivity index (χ0v) is 17.0. The van der Waals surface area contributed by atoms with Crippen LogP contribution in [-0.2, 0) is 27.2 Å². The fourth-order valence-corrected chi connectivity index (χ4v) is 4.23. The van der Waals surface area contributed by atoms with Gasteiger partial charge in [0.1, 0.15) is 6.10 Å². The SMILES string of the molecule is CC1(C)OC2CCOC2O1.OCc1ccc(Cl)c(Cc2ccc(Cl)s2)c1. The summed E-state index contributed by atoms with van der Waals surface area (Å²) in [7, 11) is 0. The fraction of sp³-hybridized carbons (Fsp3) is 0.474. The average molecular weight is 417 g/mol. The third-order valence-electron chi connectivity index (χ3n) is 4.11. The minimum absolute atomic E-state index is 0.0371. The van der Waals surface area contributed by atoms with Crippen molar-refractivity contribution in [2.24, 2.45) is 0 Å². The van der Waals surface area contributed by atoms with E-state index in [1.54, 1.807) is 11.3 Å². The van der Waals surface area contributed by atoms with Crippen molar-refractivity contribution in [2.45, 2.75) is 51.5 Å². The van der Waals surface area contributed by atoms with Crippen LogP contribution in [0.1, 0.15) is 36.3 Å². The highest BCUT2D eigenvalue weighted by molar-refractivity contribution is 7.16. The van der Waals surface area contributed by atoms with E-state index in [1.807, 2.05) is 44.2 Å². The molecule has 0 amide bonds. The van der Waals surface area contributed by atoms with Gasteiger partial charge in [-0.3, -0.25) is 0 Å². The molecule has 2 aliphatic rings. The molecular weight excluding hydrogens is 395 g/mol. The van der Waals surface area contributed by atoms with Gasteiger partial charge < -0.3 is 19.3 Å². The van der Waals surface area contributed by atoms with Crippen LogP contribution in [0.25, 0.3) is 0 Å². The number of benzene rings is 1. The number of hydrogen-bond donors (Lipinski definition) is 1. The fourth-order valence-electron chi connectivity index (χ4n) is 2.94. The van der Waals surface area contributed by atoms with Crippen LogP contribution in [0.3, 0.4) is 0 Å². The van der Waals surface area contributed by atoms with Crippen LogP contribution in [0.15, 0.2) is 30.3 Å². The van der Waals surface area contributed by atoms with Crippen LogP contribution in [0.4, 0.5) is 0 Å². The van der Waals surface area contributed by atoms with Gasteiger partial charge in [0.15, 0.2) is 12.1 Å². The molecule has 2 aromatic rings. The van der Waals surface area contributed by atoms with Gasteiger partial charge >= 0.3 is 0 Å². The van der Waals surface area contributed by atoms with Crippen molar-refractivity contribution in [3.8, 4) is 0 Å². The Kier molecular flexibility index (Phi) is 6.62. The minimum Gasteiger partial charge on any atom is -0.392 e. The number of ether oxygens (including phenoxy) is 3. The zero-order chi connectivity index (χ0) is 18.7. The monoisotopic (exact) mass is 416 g/mol. The lowest BCUT2D eigenvalue weighted by molar-refractivity contribution is -0.192. The van der Waals surface area contributed by atoms with Gasteiger partial charge in [0.05, 0.1) is 17.6 Å². The standard InChI is InChI=1S/C12H10Cl2OS.C7H12O3/c13-11-3-1-8(7-15)5-9(11)6-10-2-4-12(14)16-10;1-7(2)9-5-3-4-8-6(5)10-7/h1-5,15H,6-7H2;5-6H,3-4H2,1-2H3. The Morgan fingerprint density at radius 3 is 2.65 bits per heavy atom. The second-order valence-corrected chi connectivity index (χ2v) is 8.88. The van der Waals surface area contributed by atoms with Crippen LogP contribution in [-0.4, -0.2) is 29.9 Å². The van der Waals surface area contributed by atoms with Crippen molar-refractivity contribution < 1.29 is 19.3 Å². The van der Waals surface area contributed by atoms with E-state index in [2.05, 4.69) is 0 Å². The third-order valence-corrected chi connectivity index (χ3v) is 5.71. The Balaban J connectivity index is 0.000000167. The summed E-state index contributed by atoms with van der Waals surface area (Å²) in [6.45, 7) is 4.63. The smallest absolute Gasteiger partial charge is 0.187 e. The summed E-state index contributed by atoms with van der Waals surface area (Å²) in [6.07, 6.45) is 1.79. The molecule has 0 spiro atoms. The predicted octanol–water partition coefficient (Wildman–Crippen LogP) is 5.02. The highest BCUT2D eigenvalue weighted by Gasteiger charge is 2.44. The summed E-state index contributed by atoms with van der Waals surface area (Å²) >= 11 is 13.5. The lowest BCUT2D eigenvalue weighted by atomic mass is 10.1. The molecule has 3 heterocycles. The Labute approximate surface area is 167 Å². The third kappa shape index (κ3) is 5.20. The molecule has 2 aliphatic heterocycles. The van der Waals surface area contributed by atoms with Gasteiger partial charge in [0.2, 0.25) is 0 Å². The molecule has 4 nitrogen and oxygen atoms in total. The molecule has 2 saturated heterocycles. The summed E-state index contributed by atoms with van der Waals surface area (Å²) < 4.78 is 17.0. The summed E-state index contributed by atoms with van der Waals surface area (Å²) in [6, 6.07) is 9.45.